The van der Waals surface area contributed by atoms with Gasteiger partial charge in [0.15, 0.2) is 6.54 Å². The van der Waals surface area contributed by atoms with Crippen molar-refractivity contribution in [1.29, 1.82) is 0 Å². The fraction of sp³-hybridized carbons (Fsp3) is 0.435. The van der Waals surface area contributed by atoms with Crippen molar-refractivity contribution >= 4 is 21.6 Å². The van der Waals surface area contributed by atoms with E-state index >= 15 is 0 Å². The number of anilines is 1. The fourth-order valence-electron chi connectivity index (χ4n) is 3.95. The number of benzene rings is 2. The zero-order valence-corrected chi connectivity index (χ0v) is 18.7. The van der Waals surface area contributed by atoms with Gasteiger partial charge in [-0.25, -0.2) is 8.42 Å². The Hall–Kier alpha value is -2.22. The normalized spacial score (nSPS) is 15.8. The molecule has 2 aromatic rings. The van der Waals surface area contributed by atoms with Gasteiger partial charge in [-0.2, -0.15) is 4.31 Å². The molecular weight excluding hydrogens is 398 g/mol. The predicted octanol–water partition coefficient (Wildman–Crippen LogP) is 1.48. The van der Waals surface area contributed by atoms with E-state index in [9.17, 15) is 13.2 Å². The summed E-state index contributed by atoms with van der Waals surface area (Å²) >= 11 is 0. The Morgan fingerprint density at radius 2 is 1.57 bits per heavy atom. The smallest absolute Gasteiger partial charge is 0.279 e. The second-order valence-corrected chi connectivity index (χ2v) is 9.74. The highest BCUT2D eigenvalue weighted by molar-refractivity contribution is 7.88. The van der Waals surface area contributed by atoms with Crippen molar-refractivity contribution in [1.82, 2.24) is 4.31 Å². The molecule has 0 spiro atoms. The number of hydrogen-bond acceptors (Lipinski definition) is 3. The van der Waals surface area contributed by atoms with Crippen LogP contribution in [0.5, 0.6) is 0 Å². The zero-order chi connectivity index (χ0) is 21.6. The standard InChI is InChI=1S/C23H31N3O3S/c1-3-20-11-8-12-21(4-2)23(20)24-22(27)17-25-13-15-26(16-14-25)30(28,29)18-19-9-6-5-7-10-19/h5-12H,3-4,13-18H2,1-2H3,(H,24,27)/p+1. The lowest BCUT2D eigenvalue weighted by atomic mass is 10.0. The van der Waals surface area contributed by atoms with Crippen LogP contribution in [0.2, 0.25) is 0 Å². The van der Waals surface area contributed by atoms with Gasteiger partial charge in [-0.3, -0.25) is 4.79 Å². The number of hydrogen-bond donors (Lipinski definition) is 2. The molecule has 1 saturated heterocycles. The Kier molecular flexibility index (Phi) is 7.64. The monoisotopic (exact) mass is 430 g/mol. The molecule has 1 aliphatic heterocycles. The number of sulfonamides is 1. The van der Waals surface area contributed by atoms with E-state index < -0.39 is 10.0 Å². The van der Waals surface area contributed by atoms with E-state index in [1.165, 1.54) is 0 Å². The minimum absolute atomic E-state index is 0.0128. The van der Waals surface area contributed by atoms with E-state index in [0.717, 1.165) is 40.1 Å². The Labute approximate surface area is 179 Å². The van der Waals surface area contributed by atoms with E-state index in [4.69, 9.17) is 0 Å². The van der Waals surface area contributed by atoms with Crippen LogP contribution >= 0.6 is 0 Å². The van der Waals surface area contributed by atoms with E-state index in [-0.39, 0.29) is 11.7 Å². The van der Waals surface area contributed by atoms with Gasteiger partial charge in [0.25, 0.3) is 5.91 Å². The van der Waals surface area contributed by atoms with Crippen LogP contribution < -0.4 is 10.2 Å². The van der Waals surface area contributed by atoms with Gasteiger partial charge in [0.1, 0.15) is 0 Å². The number of para-hydroxylation sites is 1. The summed E-state index contributed by atoms with van der Waals surface area (Å²) in [6.07, 6.45) is 1.74. The molecule has 2 aromatic carbocycles. The summed E-state index contributed by atoms with van der Waals surface area (Å²) in [4.78, 5) is 13.8. The van der Waals surface area contributed by atoms with Gasteiger partial charge < -0.3 is 10.2 Å². The lowest BCUT2D eigenvalue weighted by Crippen LogP contribution is -3.15. The van der Waals surface area contributed by atoms with Gasteiger partial charge in [0, 0.05) is 5.69 Å². The molecule has 2 N–H and O–H groups in total. The lowest BCUT2D eigenvalue weighted by molar-refractivity contribution is -0.895. The average molecular weight is 431 g/mol. The molecule has 0 unspecified atom stereocenters. The highest BCUT2D eigenvalue weighted by Crippen LogP contribution is 2.22. The maximum Gasteiger partial charge on any atom is 0.279 e. The molecule has 162 valence electrons. The highest BCUT2D eigenvalue weighted by Gasteiger charge is 2.30. The Balaban J connectivity index is 1.54. The number of piperazine rings is 1. The fourth-order valence-corrected chi connectivity index (χ4v) is 5.48. The molecule has 30 heavy (non-hydrogen) atoms. The van der Waals surface area contributed by atoms with E-state index in [2.05, 4.69) is 31.3 Å². The number of nitrogens with one attached hydrogen (secondary N) is 2. The molecule has 0 aliphatic carbocycles. The molecule has 0 saturated carbocycles. The maximum absolute atomic E-state index is 12.7. The Morgan fingerprint density at radius 3 is 2.13 bits per heavy atom. The van der Waals surface area contributed by atoms with Crippen LogP contribution in [0.15, 0.2) is 48.5 Å². The van der Waals surface area contributed by atoms with Crippen LogP contribution in [0.3, 0.4) is 0 Å². The molecule has 1 heterocycles. The van der Waals surface area contributed by atoms with E-state index in [1.54, 1.807) is 4.31 Å². The number of carbonyl (C=O) groups excluding carboxylic acids is 1. The van der Waals surface area contributed by atoms with Crippen molar-refractivity contribution in [3.63, 3.8) is 0 Å². The molecule has 6 nitrogen and oxygen atoms in total. The van der Waals surface area contributed by atoms with Crippen LogP contribution in [0.1, 0.15) is 30.5 Å². The predicted molar refractivity (Wildman–Crippen MR) is 120 cm³/mol. The maximum atomic E-state index is 12.7. The summed E-state index contributed by atoms with van der Waals surface area (Å²) in [5.74, 6) is 0.0123. The Bertz CT molecular complexity index is 931. The molecule has 1 fully saturated rings. The molecule has 0 atom stereocenters. The van der Waals surface area contributed by atoms with Crippen molar-refractivity contribution in [3.05, 3.63) is 65.2 Å². The molecule has 0 aromatic heterocycles. The summed E-state index contributed by atoms with van der Waals surface area (Å²) in [5, 5.41) is 3.11. The summed E-state index contributed by atoms with van der Waals surface area (Å²) in [6, 6.07) is 15.4. The van der Waals surface area contributed by atoms with Crippen LogP contribution in [0.25, 0.3) is 0 Å². The molecule has 1 aliphatic rings. The summed E-state index contributed by atoms with van der Waals surface area (Å²) in [7, 11) is -3.34. The second kappa shape index (κ2) is 10.2. The minimum Gasteiger partial charge on any atom is -0.325 e. The van der Waals surface area contributed by atoms with Gasteiger partial charge >= 0.3 is 0 Å². The van der Waals surface area contributed by atoms with Crippen LogP contribution in [0, 0.1) is 0 Å². The van der Waals surface area contributed by atoms with Gasteiger partial charge in [-0.15, -0.1) is 0 Å². The lowest BCUT2D eigenvalue weighted by Gasteiger charge is -2.31. The first-order chi connectivity index (χ1) is 14.4. The number of quaternary nitrogens is 1. The Morgan fingerprint density at radius 1 is 0.967 bits per heavy atom. The van der Waals surface area contributed by atoms with Gasteiger partial charge in [0.2, 0.25) is 10.0 Å². The number of carbonyl (C=O) groups is 1. The molecule has 3 rings (SSSR count). The van der Waals surface area contributed by atoms with Crippen LogP contribution in [0.4, 0.5) is 5.69 Å². The highest BCUT2D eigenvalue weighted by atomic mass is 32.2. The number of nitrogens with zero attached hydrogens (tertiary/aromatic N) is 1. The summed E-state index contributed by atoms with van der Waals surface area (Å²) < 4.78 is 27.0. The van der Waals surface area contributed by atoms with E-state index in [1.807, 2.05) is 36.4 Å². The van der Waals surface area contributed by atoms with Gasteiger partial charge in [-0.1, -0.05) is 62.4 Å². The molecule has 0 radical (unpaired) electrons. The molecule has 7 heteroatoms. The van der Waals surface area contributed by atoms with Crippen molar-refractivity contribution in [3.8, 4) is 0 Å². The first-order valence-electron chi connectivity index (χ1n) is 10.7. The van der Waals surface area contributed by atoms with Crippen molar-refractivity contribution < 1.29 is 18.1 Å². The second-order valence-electron chi connectivity index (χ2n) is 7.77. The van der Waals surface area contributed by atoms with Gasteiger partial charge in [0.05, 0.1) is 31.9 Å². The summed E-state index contributed by atoms with van der Waals surface area (Å²) in [6.45, 7) is 6.70. The van der Waals surface area contributed by atoms with E-state index in [0.29, 0.717) is 32.7 Å². The van der Waals surface area contributed by atoms with Crippen LogP contribution in [-0.2, 0) is 33.4 Å². The number of rotatable bonds is 8. The third-order valence-electron chi connectivity index (χ3n) is 5.69. The van der Waals surface area contributed by atoms with Crippen molar-refractivity contribution in [2.45, 2.75) is 32.4 Å². The first kappa shape index (κ1) is 22.5. The third kappa shape index (κ3) is 5.68. The van der Waals surface area contributed by atoms with Gasteiger partial charge in [-0.05, 0) is 29.5 Å². The largest absolute Gasteiger partial charge is 0.325 e. The minimum atomic E-state index is -3.34. The molecule has 1 amide bonds. The third-order valence-corrected chi connectivity index (χ3v) is 7.54. The molecule has 0 bridgehead atoms. The quantitative estimate of drug-likeness (QED) is 0.667. The number of amides is 1. The summed E-state index contributed by atoms with van der Waals surface area (Å²) in [5.41, 5.74) is 4.04. The zero-order valence-electron chi connectivity index (χ0n) is 17.9. The topological polar surface area (TPSA) is 70.9 Å². The van der Waals surface area contributed by atoms with Crippen molar-refractivity contribution in [2.75, 3.05) is 38.0 Å². The number of aryl methyl sites for hydroxylation is 2. The SMILES string of the molecule is CCc1cccc(CC)c1NC(=O)C[NH+]1CCN(S(=O)(=O)Cc2ccccc2)CC1. The average Bonchev–Trinajstić information content (AvgIpc) is 2.74. The first-order valence-corrected chi connectivity index (χ1v) is 12.3. The van der Waals surface area contributed by atoms with Crippen molar-refractivity contribution in [2.24, 2.45) is 0 Å². The van der Waals surface area contributed by atoms with Crippen LogP contribution in [-0.4, -0.2) is 51.4 Å². The molecular formula is C23H32N3O3S+.